The van der Waals surface area contributed by atoms with Gasteiger partial charge in [-0.2, -0.15) is 0 Å². The lowest BCUT2D eigenvalue weighted by Crippen LogP contribution is -2.33. The van der Waals surface area contributed by atoms with Gasteiger partial charge in [-0.15, -0.1) is 10.2 Å². The smallest absolute Gasteiger partial charge is 0.251 e. The number of hydrogen-bond donors (Lipinski definition) is 1. The standard InChI is InChI=1S/C24H27BrN4O3S/c1-5-29-22(21(15(2)3)26-23(31)17-8-12-19(32-4)13-9-17)27-28-24(29)33-14-20(30)16-6-10-18(25)11-7-16/h6-13,15,21H,5,14H2,1-4H3,(H,26,31). The number of ether oxygens (including phenoxy) is 1. The zero-order valence-corrected chi connectivity index (χ0v) is 21.4. The van der Waals surface area contributed by atoms with E-state index in [1.165, 1.54) is 11.8 Å². The molecule has 1 unspecified atom stereocenters. The molecule has 0 bridgehead atoms. The van der Waals surface area contributed by atoms with Crippen LogP contribution in [0, 0.1) is 5.92 Å². The van der Waals surface area contributed by atoms with Gasteiger partial charge in [0.25, 0.3) is 5.91 Å². The van der Waals surface area contributed by atoms with Crippen LogP contribution in [0.25, 0.3) is 0 Å². The Hall–Kier alpha value is -2.65. The second-order valence-corrected chi connectivity index (χ2v) is 9.59. The van der Waals surface area contributed by atoms with Gasteiger partial charge in [-0.1, -0.05) is 53.7 Å². The topological polar surface area (TPSA) is 86.1 Å². The van der Waals surface area contributed by atoms with E-state index in [0.29, 0.717) is 34.4 Å². The molecule has 0 aliphatic heterocycles. The molecular weight excluding hydrogens is 504 g/mol. The summed E-state index contributed by atoms with van der Waals surface area (Å²) < 4.78 is 8.05. The fraction of sp³-hybridized carbons (Fsp3) is 0.333. The number of carbonyl (C=O) groups is 2. The molecule has 1 N–H and O–H groups in total. The monoisotopic (exact) mass is 530 g/mol. The van der Waals surface area contributed by atoms with Crippen molar-refractivity contribution in [2.24, 2.45) is 5.92 Å². The minimum atomic E-state index is -0.330. The molecule has 0 aliphatic carbocycles. The van der Waals surface area contributed by atoms with Crippen molar-refractivity contribution < 1.29 is 14.3 Å². The maximum Gasteiger partial charge on any atom is 0.251 e. The lowest BCUT2D eigenvalue weighted by atomic mass is 10.0. The third-order valence-corrected chi connectivity index (χ3v) is 6.64. The Morgan fingerprint density at radius 3 is 2.27 bits per heavy atom. The first-order valence-electron chi connectivity index (χ1n) is 10.6. The van der Waals surface area contributed by atoms with E-state index in [2.05, 4.69) is 31.4 Å². The normalized spacial score (nSPS) is 11.9. The number of Topliss-reactive ketones (excluding diaryl/α,β-unsaturated/α-hetero) is 1. The average Bonchev–Trinajstić information content (AvgIpc) is 3.23. The highest BCUT2D eigenvalue weighted by atomic mass is 79.9. The minimum absolute atomic E-state index is 0.0212. The highest BCUT2D eigenvalue weighted by Gasteiger charge is 2.26. The van der Waals surface area contributed by atoms with E-state index < -0.39 is 0 Å². The van der Waals surface area contributed by atoms with E-state index in [4.69, 9.17) is 4.74 Å². The van der Waals surface area contributed by atoms with Gasteiger partial charge >= 0.3 is 0 Å². The molecule has 0 spiro atoms. The first-order valence-corrected chi connectivity index (χ1v) is 12.4. The summed E-state index contributed by atoms with van der Waals surface area (Å²) in [5, 5.41) is 12.4. The number of nitrogens with zero attached hydrogens (tertiary/aromatic N) is 3. The lowest BCUT2D eigenvalue weighted by molar-refractivity contribution is 0.0921. The summed E-state index contributed by atoms with van der Waals surface area (Å²) in [6.45, 7) is 6.67. The number of rotatable bonds is 10. The molecule has 174 valence electrons. The van der Waals surface area contributed by atoms with E-state index in [0.717, 1.165) is 4.47 Å². The van der Waals surface area contributed by atoms with E-state index in [1.54, 1.807) is 43.5 Å². The van der Waals surface area contributed by atoms with E-state index >= 15 is 0 Å². The Kier molecular flexibility index (Phi) is 8.68. The van der Waals surface area contributed by atoms with Crippen molar-refractivity contribution in [2.45, 2.75) is 38.5 Å². The molecule has 1 amide bonds. The van der Waals surface area contributed by atoms with Crippen LogP contribution < -0.4 is 10.1 Å². The van der Waals surface area contributed by atoms with Crippen molar-refractivity contribution >= 4 is 39.4 Å². The van der Waals surface area contributed by atoms with Crippen LogP contribution in [0.5, 0.6) is 5.75 Å². The van der Waals surface area contributed by atoms with Crippen molar-refractivity contribution in [1.29, 1.82) is 0 Å². The van der Waals surface area contributed by atoms with Gasteiger partial charge in [0.05, 0.1) is 18.9 Å². The fourth-order valence-electron chi connectivity index (χ4n) is 3.28. The third kappa shape index (κ3) is 6.23. The molecule has 7 nitrogen and oxygen atoms in total. The predicted octanol–water partition coefficient (Wildman–Crippen LogP) is 5.17. The van der Waals surface area contributed by atoms with Gasteiger partial charge < -0.3 is 14.6 Å². The molecule has 0 radical (unpaired) electrons. The molecule has 33 heavy (non-hydrogen) atoms. The zero-order valence-electron chi connectivity index (χ0n) is 19.0. The number of nitrogens with one attached hydrogen (secondary N) is 1. The van der Waals surface area contributed by atoms with E-state index in [-0.39, 0.29) is 29.4 Å². The van der Waals surface area contributed by atoms with E-state index in [9.17, 15) is 9.59 Å². The number of hydrogen-bond acceptors (Lipinski definition) is 6. The van der Waals surface area contributed by atoms with Crippen LogP contribution in [0.15, 0.2) is 58.2 Å². The Morgan fingerprint density at radius 2 is 1.70 bits per heavy atom. The lowest BCUT2D eigenvalue weighted by Gasteiger charge is -2.22. The summed E-state index contributed by atoms with van der Waals surface area (Å²) in [5.41, 5.74) is 1.19. The Bertz CT molecular complexity index is 1100. The molecule has 0 fully saturated rings. The molecule has 1 atom stereocenters. The van der Waals surface area contributed by atoms with Gasteiger partial charge in [-0.3, -0.25) is 9.59 Å². The van der Waals surface area contributed by atoms with Gasteiger partial charge in [0.1, 0.15) is 5.75 Å². The molecule has 9 heteroatoms. The number of halogens is 1. The molecule has 0 aliphatic rings. The molecule has 0 saturated heterocycles. The fourth-order valence-corrected chi connectivity index (χ4v) is 4.45. The van der Waals surface area contributed by atoms with Crippen LogP contribution in [-0.2, 0) is 6.54 Å². The summed E-state index contributed by atoms with van der Waals surface area (Å²) in [6.07, 6.45) is 0. The average molecular weight is 531 g/mol. The van der Waals surface area contributed by atoms with Crippen molar-refractivity contribution in [3.8, 4) is 5.75 Å². The van der Waals surface area contributed by atoms with Crippen molar-refractivity contribution in [3.05, 3.63) is 70.0 Å². The molecule has 3 rings (SSSR count). The van der Waals surface area contributed by atoms with Crippen LogP contribution in [0.1, 0.15) is 53.4 Å². The van der Waals surface area contributed by atoms with Gasteiger partial charge in [-0.05, 0) is 49.2 Å². The second kappa shape index (κ2) is 11.5. The number of carbonyl (C=O) groups excluding carboxylic acids is 2. The number of amides is 1. The third-order valence-electron chi connectivity index (χ3n) is 5.14. The van der Waals surface area contributed by atoms with Crippen molar-refractivity contribution in [3.63, 3.8) is 0 Å². The number of thioether (sulfide) groups is 1. The molecule has 1 heterocycles. The van der Waals surface area contributed by atoms with Crippen LogP contribution in [0.2, 0.25) is 0 Å². The summed E-state index contributed by atoms with van der Waals surface area (Å²) in [7, 11) is 1.59. The van der Waals surface area contributed by atoms with Gasteiger partial charge in [0.15, 0.2) is 16.8 Å². The Labute approximate surface area is 206 Å². The maximum atomic E-state index is 12.9. The summed E-state index contributed by atoms with van der Waals surface area (Å²) in [5.74, 6) is 1.54. The number of ketones is 1. The molecule has 2 aromatic carbocycles. The highest BCUT2D eigenvalue weighted by Crippen LogP contribution is 2.26. The number of benzene rings is 2. The number of aromatic nitrogens is 3. The Morgan fingerprint density at radius 1 is 1.06 bits per heavy atom. The second-order valence-electron chi connectivity index (χ2n) is 7.73. The summed E-state index contributed by atoms with van der Waals surface area (Å²) in [6, 6.07) is 13.9. The highest BCUT2D eigenvalue weighted by molar-refractivity contribution is 9.10. The van der Waals surface area contributed by atoms with Gasteiger partial charge in [-0.25, -0.2) is 0 Å². The Balaban J connectivity index is 1.75. The molecule has 1 aromatic heterocycles. The molecule has 0 saturated carbocycles. The summed E-state index contributed by atoms with van der Waals surface area (Å²) >= 11 is 4.73. The summed E-state index contributed by atoms with van der Waals surface area (Å²) in [4.78, 5) is 25.4. The SMILES string of the molecule is CCn1c(SCC(=O)c2ccc(Br)cc2)nnc1C(NC(=O)c1ccc(OC)cc1)C(C)C. The predicted molar refractivity (Wildman–Crippen MR) is 133 cm³/mol. The van der Waals surface area contributed by atoms with Gasteiger partial charge in [0.2, 0.25) is 0 Å². The van der Waals surface area contributed by atoms with Crippen LogP contribution in [-0.4, -0.2) is 39.3 Å². The zero-order chi connectivity index (χ0) is 24.0. The largest absolute Gasteiger partial charge is 0.497 e. The quantitative estimate of drug-likeness (QED) is 0.287. The van der Waals surface area contributed by atoms with Crippen LogP contribution >= 0.6 is 27.7 Å². The minimum Gasteiger partial charge on any atom is -0.497 e. The van der Waals surface area contributed by atoms with Gasteiger partial charge in [0, 0.05) is 22.1 Å². The molecule has 3 aromatic rings. The molecular formula is C24H27BrN4O3S. The van der Waals surface area contributed by atoms with Crippen molar-refractivity contribution in [1.82, 2.24) is 20.1 Å². The maximum absolute atomic E-state index is 12.9. The first-order chi connectivity index (χ1) is 15.8. The number of methoxy groups -OCH3 is 1. The first kappa shape index (κ1) is 25.0. The van der Waals surface area contributed by atoms with Crippen LogP contribution in [0.3, 0.4) is 0 Å². The van der Waals surface area contributed by atoms with Crippen molar-refractivity contribution in [2.75, 3.05) is 12.9 Å². The van der Waals surface area contributed by atoms with E-state index in [1.807, 2.05) is 37.5 Å². The van der Waals surface area contributed by atoms with Crippen LogP contribution in [0.4, 0.5) is 0 Å².